The van der Waals surface area contributed by atoms with Crippen LogP contribution in [-0.4, -0.2) is 32.4 Å². The van der Waals surface area contributed by atoms with Gasteiger partial charge in [-0.3, -0.25) is 0 Å². The highest BCUT2D eigenvalue weighted by molar-refractivity contribution is 7.89. The van der Waals surface area contributed by atoms with Crippen LogP contribution in [0.3, 0.4) is 0 Å². The average Bonchev–Trinajstić information content (AvgIpc) is 2.81. The summed E-state index contributed by atoms with van der Waals surface area (Å²) < 4.78 is 27.2. The van der Waals surface area contributed by atoms with Crippen molar-refractivity contribution in [3.8, 4) is 0 Å². The van der Waals surface area contributed by atoms with Crippen LogP contribution in [-0.2, 0) is 16.6 Å². The van der Waals surface area contributed by atoms with Crippen LogP contribution < -0.4 is 5.32 Å². The minimum absolute atomic E-state index is 0.510. The third-order valence-electron chi connectivity index (χ3n) is 4.01. The van der Waals surface area contributed by atoms with Crippen molar-refractivity contribution in [1.29, 1.82) is 0 Å². The first kappa shape index (κ1) is 16.9. The van der Waals surface area contributed by atoms with Crippen molar-refractivity contribution in [1.82, 2.24) is 9.62 Å². The number of aryl methyl sites for hydroxylation is 1. The molecule has 0 spiro atoms. The molecule has 0 aromatic carbocycles. The Balaban J connectivity index is 2.12. The zero-order valence-corrected chi connectivity index (χ0v) is 14.8. The third kappa shape index (κ3) is 4.06. The Morgan fingerprint density at radius 1 is 1.38 bits per heavy atom. The number of nitrogens with one attached hydrogen (secondary N) is 1. The van der Waals surface area contributed by atoms with Gasteiger partial charge in [-0.15, -0.1) is 11.3 Å². The van der Waals surface area contributed by atoms with E-state index >= 15 is 0 Å². The van der Waals surface area contributed by atoms with E-state index in [0.29, 0.717) is 23.9 Å². The summed E-state index contributed by atoms with van der Waals surface area (Å²) in [6.07, 6.45) is 3.02. The van der Waals surface area contributed by atoms with Crippen LogP contribution in [0.1, 0.15) is 42.9 Å². The Morgan fingerprint density at radius 2 is 2.05 bits per heavy atom. The molecule has 4 nitrogen and oxygen atoms in total. The van der Waals surface area contributed by atoms with Crippen LogP contribution >= 0.6 is 11.3 Å². The van der Waals surface area contributed by atoms with Crippen LogP contribution in [0.25, 0.3) is 0 Å². The quantitative estimate of drug-likeness (QED) is 0.816. The fraction of sp³-hybridized carbons (Fsp3) is 0.733. The standard InChI is InChI=1S/C15H26N2O2S2/c1-4-7-16-11-14-10-15(13(3)20-14)21(18,19)17-8-5-12(2)6-9-17/h10,12,16H,4-9,11H2,1-3H3. The summed E-state index contributed by atoms with van der Waals surface area (Å²) >= 11 is 1.59. The molecule has 1 fully saturated rings. The number of nitrogens with zero attached hydrogens (tertiary/aromatic N) is 1. The molecule has 0 radical (unpaired) electrons. The number of hydrogen-bond donors (Lipinski definition) is 1. The Labute approximate surface area is 132 Å². The lowest BCUT2D eigenvalue weighted by Gasteiger charge is -2.29. The van der Waals surface area contributed by atoms with E-state index in [2.05, 4.69) is 19.2 Å². The molecule has 120 valence electrons. The summed E-state index contributed by atoms with van der Waals surface area (Å²) in [4.78, 5) is 2.52. The van der Waals surface area contributed by atoms with Gasteiger partial charge in [-0.05, 0) is 44.7 Å². The van der Waals surface area contributed by atoms with E-state index in [0.717, 1.165) is 42.1 Å². The number of hydrogen-bond acceptors (Lipinski definition) is 4. The summed E-state index contributed by atoms with van der Waals surface area (Å²) in [5.74, 6) is 0.633. The van der Waals surface area contributed by atoms with Crippen molar-refractivity contribution in [2.45, 2.75) is 51.5 Å². The van der Waals surface area contributed by atoms with E-state index < -0.39 is 10.0 Å². The van der Waals surface area contributed by atoms with Gasteiger partial charge in [0, 0.05) is 29.4 Å². The molecule has 1 aromatic rings. The van der Waals surface area contributed by atoms with Gasteiger partial charge in [0.25, 0.3) is 0 Å². The third-order valence-corrected chi connectivity index (χ3v) is 7.21. The Bertz CT molecular complexity index is 558. The van der Waals surface area contributed by atoms with Gasteiger partial charge in [-0.2, -0.15) is 4.31 Å². The summed E-state index contributed by atoms with van der Waals surface area (Å²) in [5, 5.41) is 3.33. The van der Waals surface area contributed by atoms with Gasteiger partial charge in [-0.25, -0.2) is 8.42 Å². The van der Waals surface area contributed by atoms with E-state index in [1.54, 1.807) is 15.6 Å². The molecule has 1 aromatic heterocycles. The molecular weight excluding hydrogens is 304 g/mol. The number of sulfonamides is 1. The van der Waals surface area contributed by atoms with Gasteiger partial charge in [-0.1, -0.05) is 13.8 Å². The van der Waals surface area contributed by atoms with Crippen LogP contribution in [0, 0.1) is 12.8 Å². The number of rotatable bonds is 6. The largest absolute Gasteiger partial charge is 0.312 e. The molecule has 6 heteroatoms. The second-order valence-electron chi connectivity index (χ2n) is 5.90. The maximum atomic E-state index is 12.8. The Morgan fingerprint density at radius 3 is 2.67 bits per heavy atom. The van der Waals surface area contributed by atoms with E-state index in [1.807, 2.05) is 13.0 Å². The molecule has 0 unspecified atom stereocenters. The fourth-order valence-electron chi connectivity index (χ4n) is 2.62. The zero-order chi connectivity index (χ0) is 15.5. The first-order valence-electron chi connectivity index (χ1n) is 7.75. The minimum Gasteiger partial charge on any atom is -0.312 e. The van der Waals surface area contributed by atoms with Gasteiger partial charge in [0.2, 0.25) is 10.0 Å². The fourth-order valence-corrected chi connectivity index (χ4v) is 5.66. The summed E-state index contributed by atoms with van der Waals surface area (Å²) in [6, 6.07) is 1.86. The first-order valence-corrected chi connectivity index (χ1v) is 10.0. The van der Waals surface area contributed by atoms with Gasteiger partial charge in [0.15, 0.2) is 0 Å². The summed E-state index contributed by atoms with van der Waals surface area (Å²) in [7, 11) is -3.31. The molecule has 0 aliphatic carbocycles. The molecule has 1 aliphatic rings. The molecule has 0 saturated carbocycles. The summed E-state index contributed by atoms with van der Waals surface area (Å²) in [5.41, 5.74) is 0. The minimum atomic E-state index is -3.31. The average molecular weight is 331 g/mol. The lowest BCUT2D eigenvalue weighted by Crippen LogP contribution is -2.37. The molecule has 1 saturated heterocycles. The number of piperidine rings is 1. The molecule has 2 heterocycles. The van der Waals surface area contributed by atoms with Crippen molar-refractivity contribution in [3.05, 3.63) is 15.8 Å². The van der Waals surface area contributed by atoms with Gasteiger partial charge in [0.05, 0.1) is 4.90 Å². The predicted octanol–water partition coefficient (Wildman–Crippen LogP) is 2.98. The van der Waals surface area contributed by atoms with Crippen LogP contribution in [0.15, 0.2) is 11.0 Å². The highest BCUT2D eigenvalue weighted by Crippen LogP contribution is 2.30. The highest BCUT2D eigenvalue weighted by atomic mass is 32.2. The Kier molecular flexibility index (Phi) is 5.82. The maximum absolute atomic E-state index is 12.8. The van der Waals surface area contributed by atoms with E-state index in [1.165, 1.54) is 0 Å². The number of thiophene rings is 1. The van der Waals surface area contributed by atoms with Crippen molar-refractivity contribution < 1.29 is 8.42 Å². The summed E-state index contributed by atoms with van der Waals surface area (Å²) in [6.45, 7) is 9.25. The molecule has 2 rings (SSSR count). The smallest absolute Gasteiger partial charge is 0.244 e. The molecule has 0 amide bonds. The van der Waals surface area contributed by atoms with E-state index in [9.17, 15) is 8.42 Å². The van der Waals surface area contributed by atoms with Crippen LogP contribution in [0.4, 0.5) is 0 Å². The highest BCUT2D eigenvalue weighted by Gasteiger charge is 2.30. The predicted molar refractivity (Wildman–Crippen MR) is 88.2 cm³/mol. The van der Waals surface area contributed by atoms with Crippen LogP contribution in [0.2, 0.25) is 0 Å². The molecule has 1 aliphatic heterocycles. The van der Waals surface area contributed by atoms with Gasteiger partial charge >= 0.3 is 0 Å². The zero-order valence-electron chi connectivity index (χ0n) is 13.2. The van der Waals surface area contributed by atoms with Crippen molar-refractivity contribution >= 4 is 21.4 Å². The molecule has 0 bridgehead atoms. The SMILES string of the molecule is CCCNCc1cc(S(=O)(=O)N2CCC(C)CC2)c(C)s1. The normalized spacial score (nSPS) is 18.2. The second-order valence-corrected chi connectivity index (χ2v) is 9.14. The van der Waals surface area contributed by atoms with Crippen molar-refractivity contribution in [2.24, 2.45) is 5.92 Å². The van der Waals surface area contributed by atoms with E-state index in [4.69, 9.17) is 0 Å². The molecule has 0 atom stereocenters. The van der Waals surface area contributed by atoms with Gasteiger partial charge < -0.3 is 5.32 Å². The van der Waals surface area contributed by atoms with Crippen LogP contribution in [0.5, 0.6) is 0 Å². The lowest BCUT2D eigenvalue weighted by molar-refractivity contribution is 0.288. The van der Waals surface area contributed by atoms with Gasteiger partial charge in [0.1, 0.15) is 0 Å². The Hall–Kier alpha value is -0.430. The van der Waals surface area contributed by atoms with Crippen molar-refractivity contribution in [2.75, 3.05) is 19.6 Å². The first-order chi connectivity index (χ1) is 9.95. The monoisotopic (exact) mass is 330 g/mol. The molecular formula is C15H26N2O2S2. The topological polar surface area (TPSA) is 49.4 Å². The maximum Gasteiger partial charge on any atom is 0.244 e. The second kappa shape index (κ2) is 7.22. The van der Waals surface area contributed by atoms with E-state index in [-0.39, 0.29) is 0 Å². The van der Waals surface area contributed by atoms with Crippen molar-refractivity contribution in [3.63, 3.8) is 0 Å². The lowest BCUT2D eigenvalue weighted by atomic mass is 10.0. The molecule has 21 heavy (non-hydrogen) atoms. The molecule has 1 N–H and O–H groups in total.